The molecular weight excluding hydrogens is 252 g/mol. The Kier molecular flexibility index (Phi) is 4.63. The van der Waals surface area contributed by atoms with Crippen LogP contribution in [0, 0.1) is 5.92 Å². The molecule has 1 aromatic rings. The Balaban J connectivity index is 2.08. The lowest BCUT2D eigenvalue weighted by molar-refractivity contribution is -0.146. The number of hydrogen-bond acceptors (Lipinski definition) is 3. The summed E-state index contributed by atoms with van der Waals surface area (Å²) in [4.78, 5) is 12.7. The Bertz CT molecular complexity index is 467. The fourth-order valence-corrected chi connectivity index (χ4v) is 3.14. The molecule has 0 aliphatic heterocycles. The van der Waals surface area contributed by atoms with Gasteiger partial charge in [0.25, 0.3) is 0 Å². The third-order valence-corrected chi connectivity index (χ3v) is 4.39. The average Bonchev–Trinajstić information content (AvgIpc) is 2.87. The van der Waals surface area contributed by atoms with E-state index in [1.807, 2.05) is 16.9 Å². The zero-order valence-corrected chi connectivity index (χ0v) is 13.1. The van der Waals surface area contributed by atoms with Crippen LogP contribution in [0.25, 0.3) is 0 Å². The van der Waals surface area contributed by atoms with Gasteiger partial charge in [-0.25, -0.2) is 0 Å². The Hall–Kier alpha value is -1.16. The minimum Gasteiger partial charge on any atom is -0.370 e. The van der Waals surface area contributed by atoms with Gasteiger partial charge >= 0.3 is 0 Å². The summed E-state index contributed by atoms with van der Waals surface area (Å²) < 4.78 is 7.55. The minimum absolute atomic E-state index is 0.181. The number of Topliss-reactive ketones (excluding diaryl/α,β-unsaturated/α-hetero) is 1. The van der Waals surface area contributed by atoms with Gasteiger partial charge in [0.1, 0.15) is 5.60 Å². The predicted octanol–water partition coefficient (Wildman–Crippen LogP) is 3.17. The molecule has 0 spiro atoms. The van der Waals surface area contributed by atoms with Crippen LogP contribution in [-0.2, 0) is 16.0 Å². The number of aromatic nitrogens is 2. The summed E-state index contributed by atoms with van der Waals surface area (Å²) >= 11 is 0. The van der Waals surface area contributed by atoms with Gasteiger partial charge in [0.15, 0.2) is 5.78 Å². The van der Waals surface area contributed by atoms with E-state index in [1.165, 1.54) is 6.42 Å². The molecule has 0 N–H and O–H groups in total. The van der Waals surface area contributed by atoms with Crippen molar-refractivity contribution in [1.29, 1.82) is 0 Å². The monoisotopic (exact) mass is 278 g/mol. The van der Waals surface area contributed by atoms with Crippen LogP contribution in [0.4, 0.5) is 0 Å². The van der Waals surface area contributed by atoms with E-state index in [0.717, 1.165) is 25.0 Å². The lowest BCUT2D eigenvalue weighted by Crippen LogP contribution is -2.45. The number of ether oxygens (including phenoxy) is 1. The number of carbonyl (C=O) groups excluding carboxylic acids is 1. The van der Waals surface area contributed by atoms with E-state index in [9.17, 15) is 4.79 Å². The van der Waals surface area contributed by atoms with E-state index < -0.39 is 5.60 Å². The van der Waals surface area contributed by atoms with Gasteiger partial charge in [-0.3, -0.25) is 9.48 Å². The second kappa shape index (κ2) is 6.08. The molecule has 0 amide bonds. The van der Waals surface area contributed by atoms with Gasteiger partial charge in [-0.05, 0) is 45.1 Å². The first-order valence-corrected chi connectivity index (χ1v) is 7.59. The molecule has 112 valence electrons. The molecule has 2 atom stereocenters. The van der Waals surface area contributed by atoms with E-state index in [4.69, 9.17) is 4.74 Å². The van der Waals surface area contributed by atoms with Crippen LogP contribution in [0.5, 0.6) is 0 Å². The van der Waals surface area contributed by atoms with E-state index >= 15 is 0 Å². The van der Waals surface area contributed by atoms with Crippen LogP contribution in [0.1, 0.15) is 58.2 Å². The summed E-state index contributed by atoms with van der Waals surface area (Å²) in [5, 5.41) is 4.47. The second-order valence-electron chi connectivity index (χ2n) is 6.38. The molecule has 1 heterocycles. The molecule has 1 saturated carbocycles. The van der Waals surface area contributed by atoms with Crippen molar-refractivity contribution in [2.24, 2.45) is 5.92 Å². The average molecular weight is 278 g/mol. The highest BCUT2D eigenvalue weighted by atomic mass is 16.5. The fourth-order valence-electron chi connectivity index (χ4n) is 3.14. The maximum absolute atomic E-state index is 12.7. The molecular formula is C16H26N2O2. The van der Waals surface area contributed by atoms with Crippen LogP contribution in [0.3, 0.4) is 0 Å². The summed E-state index contributed by atoms with van der Waals surface area (Å²) in [7, 11) is 1.67. The third kappa shape index (κ3) is 3.11. The molecule has 0 aromatic carbocycles. The number of nitrogens with zero attached hydrogens (tertiary/aromatic N) is 2. The van der Waals surface area contributed by atoms with Crippen molar-refractivity contribution in [3.63, 3.8) is 0 Å². The van der Waals surface area contributed by atoms with Crippen LogP contribution in [-0.4, -0.2) is 28.3 Å². The van der Waals surface area contributed by atoms with E-state index in [1.54, 1.807) is 7.11 Å². The van der Waals surface area contributed by atoms with Crippen molar-refractivity contribution in [2.45, 2.75) is 64.5 Å². The zero-order valence-electron chi connectivity index (χ0n) is 13.1. The maximum Gasteiger partial charge on any atom is 0.170 e. The van der Waals surface area contributed by atoms with Crippen molar-refractivity contribution in [1.82, 2.24) is 9.78 Å². The van der Waals surface area contributed by atoms with E-state index in [0.29, 0.717) is 18.4 Å². The molecule has 1 fully saturated rings. The van der Waals surface area contributed by atoms with Gasteiger partial charge in [0.2, 0.25) is 0 Å². The Morgan fingerprint density at radius 1 is 1.60 bits per heavy atom. The zero-order chi connectivity index (χ0) is 14.8. The molecule has 1 aliphatic carbocycles. The van der Waals surface area contributed by atoms with Gasteiger partial charge in [0.05, 0.1) is 12.1 Å². The number of methoxy groups -OCH3 is 1. The van der Waals surface area contributed by atoms with Gasteiger partial charge in [0, 0.05) is 19.3 Å². The Labute approximate surface area is 121 Å². The minimum atomic E-state index is -0.584. The number of carbonyl (C=O) groups is 1. The molecule has 0 saturated heterocycles. The molecule has 2 unspecified atom stereocenters. The Morgan fingerprint density at radius 3 is 2.90 bits per heavy atom. The van der Waals surface area contributed by atoms with Gasteiger partial charge in [-0.15, -0.1) is 0 Å². The highest BCUT2D eigenvalue weighted by Gasteiger charge is 2.41. The van der Waals surface area contributed by atoms with Crippen LogP contribution >= 0.6 is 0 Å². The largest absolute Gasteiger partial charge is 0.370 e. The second-order valence-corrected chi connectivity index (χ2v) is 6.38. The molecule has 20 heavy (non-hydrogen) atoms. The van der Waals surface area contributed by atoms with E-state index in [-0.39, 0.29) is 5.78 Å². The first-order valence-electron chi connectivity index (χ1n) is 7.59. The van der Waals surface area contributed by atoms with Gasteiger partial charge in [-0.1, -0.05) is 13.3 Å². The molecule has 4 nitrogen and oxygen atoms in total. The molecule has 4 heteroatoms. The standard InChI is InChI=1S/C16H26N2O2/c1-12(2)18-9-7-14(17-18)10-15(19)16(20-4)8-5-6-13(3)11-16/h7,9,12-13H,5-6,8,10-11H2,1-4H3. The first kappa shape index (κ1) is 15.2. The predicted molar refractivity (Wildman–Crippen MR) is 78.7 cm³/mol. The summed E-state index contributed by atoms with van der Waals surface area (Å²) in [5.74, 6) is 0.737. The van der Waals surface area contributed by atoms with Crippen molar-refractivity contribution < 1.29 is 9.53 Å². The molecule has 1 aromatic heterocycles. The van der Waals surface area contributed by atoms with Crippen molar-refractivity contribution >= 4 is 5.78 Å². The quantitative estimate of drug-likeness (QED) is 0.831. The van der Waals surface area contributed by atoms with Crippen molar-refractivity contribution in [3.8, 4) is 0 Å². The number of rotatable bonds is 5. The molecule has 2 rings (SSSR count). The van der Waals surface area contributed by atoms with Crippen molar-refractivity contribution in [3.05, 3.63) is 18.0 Å². The lowest BCUT2D eigenvalue weighted by Gasteiger charge is -2.37. The van der Waals surface area contributed by atoms with E-state index in [2.05, 4.69) is 25.9 Å². The third-order valence-electron chi connectivity index (χ3n) is 4.39. The maximum atomic E-state index is 12.7. The summed E-state index contributed by atoms with van der Waals surface area (Å²) in [6.07, 6.45) is 6.27. The number of hydrogen-bond donors (Lipinski definition) is 0. The van der Waals surface area contributed by atoms with Crippen LogP contribution < -0.4 is 0 Å². The van der Waals surface area contributed by atoms with Gasteiger partial charge < -0.3 is 4.74 Å². The summed E-state index contributed by atoms with van der Waals surface area (Å²) in [6, 6.07) is 2.26. The van der Waals surface area contributed by atoms with Gasteiger partial charge in [-0.2, -0.15) is 5.10 Å². The Morgan fingerprint density at radius 2 is 2.35 bits per heavy atom. The highest BCUT2D eigenvalue weighted by molar-refractivity contribution is 5.89. The smallest absolute Gasteiger partial charge is 0.170 e. The molecule has 0 radical (unpaired) electrons. The number of ketones is 1. The molecule has 1 aliphatic rings. The highest BCUT2D eigenvalue weighted by Crippen LogP contribution is 2.36. The van der Waals surface area contributed by atoms with Crippen LogP contribution in [0.15, 0.2) is 12.3 Å². The normalized spacial score (nSPS) is 26.9. The lowest BCUT2D eigenvalue weighted by atomic mass is 9.75. The van der Waals surface area contributed by atoms with Crippen LogP contribution in [0.2, 0.25) is 0 Å². The topological polar surface area (TPSA) is 44.1 Å². The fraction of sp³-hybridized carbons (Fsp3) is 0.750. The van der Waals surface area contributed by atoms with Crippen molar-refractivity contribution in [2.75, 3.05) is 7.11 Å². The first-order chi connectivity index (χ1) is 9.47. The summed E-state index contributed by atoms with van der Waals surface area (Å²) in [6.45, 7) is 6.36. The summed E-state index contributed by atoms with van der Waals surface area (Å²) in [5.41, 5.74) is 0.262. The SMILES string of the molecule is COC1(C(=O)Cc2ccn(C(C)C)n2)CCCC(C)C1. The molecule has 0 bridgehead atoms.